The highest BCUT2D eigenvalue weighted by atomic mass is 16.6. The Morgan fingerprint density at radius 3 is 0.929 bits per heavy atom. The zero-order chi connectivity index (χ0) is 50.6. The highest BCUT2D eigenvalue weighted by Gasteiger charge is 2.16. The highest BCUT2D eigenvalue weighted by Crippen LogP contribution is 2.14. The van der Waals surface area contributed by atoms with Crippen molar-refractivity contribution < 1.29 is 24.2 Å². The summed E-state index contributed by atoms with van der Waals surface area (Å²) >= 11 is 0. The van der Waals surface area contributed by atoms with Crippen LogP contribution in [0.15, 0.2) is 146 Å². The molecule has 0 rings (SSSR count). The van der Waals surface area contributed by atoms with Gasteiger partial charge in [-0.1, -0.05) is 243 Å². The summed E-state index contributed by atoms with van der Waals surface area (Å²) in [4.78, 5) is 24.5. The first-order valence-corrected chi connectivity index (χ1v) is 28.4. The molecule has 5 nitrogen and oxygen atoms in total. The van der Waals surface area contributed by atoms with Crippen LogP contribution in [0.2, 0.25) is 0 Å². The lowest BCUT2D eigenvalue weighted by Crippen LogP contribution is -2.28. The molecule has 0 aliphatic carbocycles. The Labute approximate surface area is 431 Å². The number of unbranched alkanes of at least 4 members (excludes halogenated alkanes) is 18. The van der Waals surface area contributed by atoms with Crippen molar-refractivity contribution in [1.29, 1.82) is 0 Å². The fourth-order valence-electron chi connectivity index (χ4n) is 7.38. The molecule has 0 heterocycles. The van der Waals surface area contributed by atoms with E-state index in [0.29, 0.717) is 12.8 Å². The van der Waals surface area contributed by atoms with Gasteiger partial charge in [0.25, 0.3) is 0 Å². The standard InChI is InChI=1S/C65H104O5/c1-3-5-7-9-11-13-15-17-19-21-22-23-24-25-26-27-28-29-30-31-32-33-34-35-36-37-38-39-40-41-42-44-46-48-50-52-54-56-58-60-65(68)70-63(61-66)62-69-64(67)59-57-55-53-51-49-47-45-43-20-18-16-14-12-10-8-6-4-2/h5,7,11-14,17-20,22-23,25-26,28-29,31-32,34-35,37-38,40-41,63,66H,3-4,6,8-10,15-16,21,24,27,30,33,36,39,42-62H2,1-2H3/b7-5-,13-11-,14-12-,19-17-,20-18-,23-22-,26-25-,29-28-,32-31-,35-34-,38-37-,41-40-. The molecule has 1 unspecified atom stereocenters. The van der Waals surface area contributed by atoms with Crippen LogP contribution in [0.3, 0.4) is 0 Å². The summed E-state index contributed by atoms with van der Waals surface area (Å²) in [7, 11) is 0. The van der Waals surface area contributed by atoms with Crippen molar-refractivity contribution in [2.24, 2.45) is 0 Å². The summed E-state index contributed by atoms with van der Waals surface area (Å²) in [6.07, 6.45) is 89.5. The van der Waals surface area contributed by atoms with Crippen LogP contribution in [0.5, 0.6) is 0 Å². The van der Waals surface area contributed by atoms with E-state index in [4.69, 9.17) is 9.47 Å². The number of hydrogen-bond donors (Lipinski definition) is 1. The van der Waals surface area contributed by atoms with Crippen molar-refractivity contribution in [3.63, 3.8) is 0 Å². The lowest BCUT2D eigenvalue weighted by atomic mass is 10.1. The number of ether oxygens (including phenoxy) is 2. The lowest BCUT2D eigenvalue weighted by Gasteiger charge is -2.15. The van der Waals surface area contributed by atoms with Crippen molar-refractivity contribution in [2.45, 2.75) is 238 Å². The van der Waals surface area contributed by atoms with E-state index in [1.165, 1.54) is 83.5 Å². The maximum Gasteiger partial charge on any atom is 0.306 e. The maximum absolute atomic E-state index is 12.3. The van der Waals surface area contributed by atoms with E-state index in [0.717, 1.165) is 122 Å². The average molecular weight is 966 g/mol. The predicted molar refractivity (Wildman–Crippen MR) is 306 cm³/mol. The second-order valence-electron chi connectivity index (χ2n) is 18.3. The SMILES string of the molecule is CC/C=C\C/C=C\C/C=C\C/C=C\C/C=C\C/C=C\C/C=C\C/C=C\C/C=C\C/C=C\CCCCCCCCCCC(=O)OC(CO)COC(=O)CCCCCCCCC/C=C\C/C=C\CCCCC. The number of hydrogen-bond acceptors (Lipinski definition) is 5. The van der Waals surface area contributed by atoms with Gasteiger partial charge in [0.15, 0.2) is 6.10 Å². The molecule has 394 valence electrons. The number of aliphatic hydroxyl groups is 1. The van der Waals surface area contributed by atoms with E-state index in [2.05, 4.69) is 160 Å². The lowest BCUT2D eigenvalue weighted by molar-refractivity contribution is -0.161. The van der Waals surface area contributed by atoms with Crippen molar-refractivity contribution in [3.05, 3.63) is 146 Å². The fourth-order valence-corrected chi connectivity index (χ4v) is 7.38. The van der Waals surface area contributed by atoms with Crippen molar-refractivity contribution in [3.8, 4) is 0 Å². The van der Waals surface area contributed by atoms with Crippen LogP contribution in [0.1, 0.15) is 232 Å². The molecule has 0 aromatic heterocycles. The summed E-state index contributed by atoms with van der Waals surface area (Å²) in [5, 5.41) is 9.64. The third-order valence-electron chi connectivity index (χ3n) is 11.6. The van der Waals surface area contributed by atoms with E-state index in [-0.39, 0.29) is 25.2 Å². The van der Waals surface area contributed by atoms with E-state index in [1.807, 2.05) is 0 Å². The third-order valence-corrected chi connectivity index (χ3v) is 11.6. The number of carbonyl (C=O) groups excluding carboxylic acids is 2. The smallest absolute Gasteiger partial charge is 0.306 e. The first-order chi connectivity index (χ1) is 34.6. The molecule has 0 aliphatic rings. The zero-order valence-corrected chi connectivity index (χ0v) is 45.0. The molecule has 0 radical (unpaired) electrons. The molecule has 0 aromatic rings. The highest BCUT2D eigenvalue weighted by molar-refractivity contribution is 5.70. The second-order valence-corrected chi connectivity index (χ2v) is 18.3. The van der Waals surface area contributed by atoms with Gasteiger partial charge in [-0.25, -0.2) is 0 Å². The van der Waals surface area contributed by atoms with E-state index in [1.54, 1.807) is 0 Å². The fraction of sp³-hybridized carbons (Fsp3) is 0.600. The van der Waals surface area contributed by atoms with Gasteiger partial charge in [0.1, 0.15) is 6.61 Å². The minimum atomic E-state index is -0.790. The third kappa shape index (κ3) is 56.4. The Kier molecular flexibility index (Phi) is 55.5. The summed E-state index contributed by atoms with van der Waals surface area (Å²) in [5.41, 5.74) is 0. The van der Waals surface area contributed by atoms with Gasteiger partial charge >= 0.3 is 11.9 Å². The number of rotatable bonds is 50. The first kappa shape index (κ1) is 65.8. The molecule has 0 aliphatic heterocycles. The van der Waals surface area contributed by atoms with Gasteiger partial charge in [0.2, 0.25) is 0 Å². The first-order valence-electron chi connectivity index (χ1n) is 28.4. The predicted octanol–water partition coefficient (Wildman–Crippen LogP) is 19.4. The molecule has 5 heteroatoms. The molecule has 0 saturated carbocycles. The Morgan fingerprint density at radius 1 is 0.343 bits per heavy atom. The molecule has 0 spiro atoms. The summed E-state index contributed by atoms with van der Waals surface area (Å²) in [5.74, 6) is -0.617. The van der Waals surface area contributed by atoms with Crippen LogP contribution in [0, 0.1) is 0 Å². The minimum absolute atomic E-state index is 0.0811. The molecule has 70 heavy (non-hydrogen) atoms. The quantitative estimate of drug-likeness (QED) is 0.0374. The number of aliphatic hydroxyl groups excluding tert-OH is 1. The van der Waals surface area contributed by atoms with E-state index < -0.39 is 6.10 Å². The van der Waals surface area contributed by atoms with Gasteiger partial charge in [0.05, 0.1) is 6.61 Å². The molecule has 0 bridgehead atoms. The van der Waals surface area contributed by atoms with E-state index in [9.17, 15) is 14.7 Å². The molecular weight excluding hydrogens is 861 g/mol. The molecule has 0 fully saturated rings. The summed E-state index contributed by atoms with van der Waals surface area (Å²) < 4.78 is 10.7. The van der Waals surface area contributed by atoms with Crippen LogP contribution in [-0.4, -0.2) is 36.4 Å². The number of allylic oxidation sites excluding steroid dienone is 24. The van der Waals surface area contributed by atoms with Crippen LogP contribution >= 0.6 is 0 Å². The molecule has 1 atom stereocenters. The minimum Gasteiger partial charge on any atom is -0.462 e. The molecular formula is C65H104O5. The molecule has 0 saturated heterocycles. The average Bonchev–Trinajstić information content (AvgIpc) is 3.36. The summed E-state index contributed by atoms with van der Waals surface area (Å²) in [6, 6.07) is 0. The monoisotopic (exact) mass is 965 g/mol. The van der Waals surface area contributed by atoms with Crippen LogP contribution in [0.4, 0.5) is 0 Å². The van der Waals surface area contributed by atoms with Crippen LogP contribution in [0.25, 0.3) is 0 Å². The van der Waals surface area contributed by atoms with Gasteiger partial charge in [-0.2, -0.15) is 0 Å². The van der Waals surface area contributed by atoms with Crippen molar-refractivity contribution in [1.82, 2.24) is 0 Å². The summed E-state index contributed by atoms with van der Waals surface area (Å²) in [6.45, 7) is 3.98. The van der Waals surface area contributed by atoms with Gasteiger partial charge in [-0.3, -0.25) is 9.59 Å². The second kappa shape index (κ2) is 59.1. The van der Waals surface area contributed by atoms with Gasteiger partial charge in [0, 0.05) is 12.8 Å². The number of esters is 2. The van der Waals surface area contributed by atoms with Crippen LogP contribution in [-0.2, 0) is 19.1 Å². The largest absolute Gasteiger partial charge is 0.462 e. The molecule has 0 aromatic carbocycles. The Bertz CT molecular complexity index is 1510. The van der Waals surface area contributed by atoms with E-state index >= 15 is 0 Å². The normalized spacial score (nSPS) is 13.4. The zero-order valence-electron chi connectivity index (χ0n) is 45.0. The van der Waals surface area contributed by atoms with Crippen LogP contribution < -0.4 is 0 Å². The van der Waals surface area contributed by atoms with Crippen molar-refractivity contribution >= 4 is 11.9 Å². The van der Waals surface area contributed by atoms with Gasteiger partial charge < -0.3 is 14.6 Å². The van der Waals surface area contributed by atoms with Gasteiger partial charge in [-0.15, -0.1) is 0 Å². The van der Waals surface area contributed by atoms with Gasteiger partial charge in [-0.05, 0) is 122 Å². The topological polar surface area (TPSA) is 72.8 Å². The number of carbonyl (C=O) groups is 2. The Balaban J connectivity index is 3.62. The maximum atomic E-state index is 12.3. The molecule has 1 N–H and O–H groups in total. The Hall–Kier alpha value is -4.22. The Morgan fingerprint density at radius 2 is 0.614 bits per heavy atom. The molecule has 0 amide bonds. The van der Waals surface area contributed by atoms with Crippen molar-refractivity contribution in [2.75, 3.05) is 13.2 Å².